The zero-order valence-electron chi connectivity index (χ0n) is 12.6. The minimum Gasteiger partial charge on any atom is -0.493 e. The molecule has 7 heteroatoms. The van der Waals surface area contributed by atoms with Gasteiger partial charge in [-0.05, 0) is 19.1 Å². The van der Waals surface area contributed by atoms with Gasteiger partial charge in [0.2, 0.25) is 0 Å². The molecule has 2 aliphatic heterocycles. The van der Waals surface area contributed by atoms with E-state index in [2.05, 4.69) is 17.2 Å². The summed E-state index contributed by atoms with van der Waals surface area (Å²) >= 11 is 1.50. The summed E-state index contributed by atoms with van der Waals surface area (Å²) in [4.78, 5) is 18.7. The predicted octanol–water partition coefficient (Wildman–Crippen LogP) is 1.48. The second-order valence-corrected chi connectivity index (χ2v) is 6.49. The van der Waals surface area contributed by atoms with E-state index in [-0.39, 0.29) is 18.1 Å². The first-order valence-electron chi connectivity index (χ1n) is 7.50. The van der Waals surface area contributed by atoms with Crippen LogP contribution in [0.4, 0.5) is 9.93 Å². The maximum absolute atomic E-state index is 12.4. The van der Waals surface area contributed by atoms with Crippen molar-refractivity contribution in [1.29, 1.82) is 0 Å². The Morgan fingerprint density at radius 1 is 1.57 bits per heavy atom. The number of ether oxygens (including phenoxy) is 1. The number of hydrogen-bond acceptors (Lipinski definition) is 5. The van der Waals surface area contributed by atoms with E-state index in [1.807, 2.05) is 12.1 Å². The third kappa shape index (κ3) is 2.14. The van der Waals surface area contributed by atoms with Crippen molar-refractivity contribution in [3.8, 4) is 17.6 Å². The monoisotopic (exact) mass is 328 g/mol. The van der Waals surface area contributed by atoms with E-state index in [0.717, 1.165) is 28.0 Å². The number of benzene rings is 1. The molecule has 118 valence electrons. The number of amides is 2. The van der Waals surface area contributed by atoms with Gasteiger partial charge in [-0.2, -0.15) is 0 Å². The lowest BCUT2D eigenvalue weighted by Gasteiger charge is -2.18. The average Bonchev–Trinajstić information content (AvgIpc) is 3.22. The quantitative estimate of drug-likeness (QED) is 0.818. The molecule has 1 aromatic heterocycles. The van der Waals surface area contributed by atoms with Crippen molar-refractivity contribution in [2.75, 3.05) is 18.1 Å². The van der Waals surface area contributed by atoms with Crippen molar-refractivity contribution in [2.45, 2.75) is 25.4 Å². The number of nitrogens with zero attached hydrogens (tertiary/aromatic N) is 2. The van der Waals surface area contributed by atoms with E-state index in [4.69, 9.17) is 15.5 Å². The first-order chi connectivity index (χ1) is 11.2. The van der Waals surface area contributed by atoms with Crippen LogP contribution in [0.5, 0.6) is 5.75 Å². The Hall–Kier alpha value is -2.30. The summed E-state index contributed by atoms with van der Waals surface area (Å²) in [6.45, 7) is 2.79. The van der Waals surface area contributed by atoms with Crippen LogP contribution in [0, 0.1) is 11.8 Å². The van der Waals surface area contributed by atoms with Crippen LogP contribution in [0.25, 0.3) is 10.2 Å². The van der Waals surface area contributed by atoms with Gasteiger partial charge < -0.3 is 15.8 Å². The van der Waals surface area contributed by atoms with Gasteiger partial charge in [0.25, 0.3) is 0 Å². The fourth-order valence-electron chi connectivity index (χ4n) is 3.08. The van der Waals surface area contributed by atoms with Crippen LogP contribution >= 0.6 is 11.3 Å². The van der Waals surface area contributed by atoms with Gasteiger partial charge in [-0.3, -0.25) is 4.90 Å². The molecule has 0 radical (unpaired) electrons. The summed E-state index contributed by atoms with van der Waals surface area (Å²) in [5, 5.41) is 3.54. The highest BCUT2D eigenvalue weighted by Crippen LogP contribution is 2.38. The molecule has 3 heterocycles. The minimum atomic E-state index is -0.289. The molecule has 1 saturated heterocycles. The summed E-state index contributed by atoms with van der Waals surface area (Å²) in [5.41, 5.74) is 7.81. The molecule has 0 bridgehead atoms. The number of carbonyl (C=O) groups is 1. The number of carbonyl (C=O) groups excluding carboxylic acids is 1. The molecule has 4 rings (SSSR count). The van der Waals surface area contributed by atoms with Crippen LogP contribution < -0.4 is 20.7 Å². The molecule has 0 spiro atoms. The maximum Gasteiger partial charge on any atom is 0.325 e. The number of rotatable bonds is 2. The van der Waals surface area contributed by atoms with E-state index in [9.17, 15) is 4.79 Å². The minimum absolute atomic E-state index is 0.184. The lowest BCUT2D eigenvalue weighted by Crippen LogP contribution is -2.40. The Morgan fingerprint density at radius 2 is 2.43 bits per heavy atom. The standard InChI is InChI=1S/C16H16N4O2S/c1-2-3-11-10(8-17)18-15(21)20(11)16-19-14-9-6-7-22-12(9)4-5-13(14)23-16/h4-5,10-11H,6-8,17H2,1H3,(H,18,21). The second-order valence-electron chi connectivity index (χ2n) is 5.48. The van der Waals surface area contributed by atoms with Crippen LogP contribution in [-0.2, 0) is 6.42 Å². The molecule has 1 fully saturated rings. The Labute approximate surface area is 137 Å². The SMILES string of the molecule is CC#CC1C(CN)NC(=O)N1c1nc2c3c(ccc2s1)OCC3. The number of hydrogen-bond donors (Lipinski definition) is 2. The van der Waals surface area contributed by atoms with Crippen LogP contribution in [0.3, 0.4) is 0 Å². The number of nitrogens with two attached hydrogens (primary N) is 1. The van der Waals surface area contributed by atoms with Crippen LogP contribution in [0.1, 0.15) is 12.5 Å². The van der Waals surface area contributed by atoms with Crippen LogP contribution in [0.15, 0.2) is 12.1 Å². The molecule has 2 amide bonds. The summed E-state index contributed by atoms with van der Waals surface area (Å²) in [7, 11) is 0. The molecule has 2 aromatic rings. The lowest BCUT2D eigenvalue weighted by atomic mass is 10.1. The van der Waals surface area contributed by atoms with Gasteiger partial charge in [0.1, 0.15) is 11.8 Å². The molecule has 2 unspecified atom stereocenters. The van der Waals surface area contributed by atoms with Gasteiger partial charge in [-0.1, -0.05) is 17.3 Å². The van der Waals surface area contributed by atoms with Gasteiger partial charge in [0.05, 0.1) is 22.9 Å². The van der Waals surface area contributed by atoms with E-state index in [1.165, 1.54) is 11.3 Å². The van der Waals surface area contributed by atoms with Gasteiger partial charge in [-0.25, -0.2) is 9.78 Å². The number of thiazole rings is 1. The molecule has 0 aliphatic carbocycles. The highest BCUT2D eigenvalue weighted by molar-refractivity contribution is 7.22. The van der Waals surface area contributed by atoms with Crippen molar-refractivity contribution >= 4 is 32.7 Å². The highest BCUT2D eigenvalue weighted by Gasteiger charge is 2.40. The Morgan fingerprint density at radius 3 is 3.22 bits per heavy atom. The number of nitrogens with one attached hydrogen (secondary N) is 1. The maximum atomic E-state index is 12.4. The topological polar surface area (TPSA) is 80.5 Å². The highest BCUT2D eigenvalue weighted by atomic mass is 32.1. The largest absolute Gasteiger partial charge is 0.493 e. The zero-order valence-corrected chi connectivity index (χ0v) is 13.4. The molecule has 0 saturated carbocycles. The van der Waals surface area contributed by atoms with Crippen LogP contribution in [-0.4, -0.2) is 36.3 Å². The summed E-state index contributed by atoms with van der Waals surface area (Å²) in [6, 6.07) is 3.30. The van der Waals surface area contributed by atoms with E-state index < -0.39 is 0 Å². The van der Waals surface area contributed by atoms with Crippen molar-refractivity contribution in [2.24, 2.45) is 5.73 Å². The Kier molecular flexibility index (Phi) is 3.36. The van der Waals surface area contributed by atoms with Crippen molar-refractivity contribution in [1.82, 2.24) is 10.3 Å². The third-order valence-electron chi connectivity index (χ3n) is 4.16. The average molecular weight is 328 g/mol. The molecule has 2 atom stereocenters. The lowest BCUT2D eigenvalue weighted by molar-refractivity contribution is 0.251. The fourth-order valence-corrected chi connectivity index (χ4v) is 4.11. The fraction of sp³-hybridized carbons (Fsp3) is 0.375. The van der Waals surface area contributed by atoms with Crippen molar-refractivity contribution in [3.05, 3.63) is 17.7 Å². The number of urea groups is 1. The van der Waals surface area contributed by atoms with Gasteiger partial charge in [0, 0.05) is 18.5 Å². The van der Waals surface area contributed by atoms with E-state index in [1.54, 1.807) is 11.8 Å². The summed E-state index contributed by atoms with van der Waals surface area (Å²) in [5.74, 6) is 6.86. The zero-order chi connectivity index (χ0) is 16.0. The molecular weight excluding hydrogens is 312 g/mol. The summed E-state index contributed by atoms with van der Waals surface area (Å²) in [6.07, 6.45) is 0.853. The second kappa shape index (κ2) is 5.41. The third-order valence-corrected chi connectivity index (χ3v) is 5.18. The molecular formula is C16H16N4O2S. The smallest absolute Gasteiger partial charge is 0.325 e. The Balaban J connectivity index is 1.81. The molecule has 2 aliphatic rings. The molecule has 23 heavy (non-hydrogen) atoms. The first kappa shape index (κ1) is 14.3. The van der Waals surface area contributed by atoms with E-state index >= 15 is 0 Å². The number of anilines is 1. The van der Waals surface area contributed by atoms with Gasteiger partial charge in [-0.15, -0.1) is 5.92 Å². The Bertz CT molecular complexity index is 851. The first-order valence-corrected chi connectivity index (χ1v) is 8.32. The van der Waals surface area contributed by atoms with Crippen molar-refractivity contribution < 1.29 is 9.53 Å². The molecule has 3 N–H and O–H groups in total. The van der Waals surface area contributed by atoms with Crippen molar-refractivity contribution in [3.63, 3.8) is 0 Å². The van der Waals surface area contributed by atoms with Gasteiger partial charge in [0.15, 0.2) is 5.13 Å². The normalized spacial score (nSPS) is 22.5. The van der Waals surface area contributed by atoms with E-state index in [0.29, 0.717) is 18.3 Å². The van der Waals surface area contributed by atoms with Crippen LogP contribution in [0.2, 0.25) is 0 Å². The molecule has 1 aromatic carbocycles. The predicted molar refractivity (Wildman–Crippen MR) is 89.9 cm³/mol. The molecule has 6 nitrogen and oxygen atoms in total. The summed E-state index contributed by atoms with van der Waals surface area (Å²) < 4.78 is 6.64. The number of fused-ring (bicyclic) bond motifs is 3. The number of aromatic nitrogens is 1. The van der Waals surface area contributed by atoms with Gasteiger partial charge >= 0.3 is 6.03 Å².